The van der Waals surface area contributed by atoms with Crippen LogP contribution in [0.4, 0.5) is 11.4 Å². The lowest BCUT2D eigenvalue weighted by Crippen LogP contribution is -2.28. The molecular formula is C17H22N2O2. The molecular weight excluding hydrogens is 264 g/mol. The van der Waals surface area contributed by atoms with Gasteiger partial charge in [0.15, 0.2) is 0 Å². The van der Waals surface area contributed by atoms with Crippen molar-refractivity contribution in [1.29, 1.82) is 0 Å². The number of rotatable bonds is 4. The predicted octanol–water partition coefficient (Wildman–Crippen LogP) is 2.90. The summed E-state index contributed by atoms with van der Waals surface area (Å²) in [6.07, 6.45) is 1.96. The molecule has 1 aromatic rings. The highest BCUT2D eigenvalue weighted by molar-refractivity contribution is 5.98. The first-order valence-corrected chi connectivity index (χ1v) is 7.66. The van der Waals surface area contributed by atoms with Crippen LogP contribution in [-0.2, 0) is 9.59 Å². The van der Waals surface area contributed by atoms with E-state index in [9.17, 15) is 9.59 Å². The molecule has 0 radical (unpaired) electrons. The van der Waals surface area contributed by atoms with Crippen LogP contribution >= 0.6 is 0 Å². The van der Waals surface area contributed by atoms with Gasteiger partial charge in [0.05, 0.1) is 0 Å². The van der Waals surface area contributed by atoms with Crippen LogP contribution in [0.3, 0.4) is 0 Å². The zero-order chi connectivity index (χ0) is 15.1. The van der Waals surface area contributed by atoms with E-state index in [1.165, 1.54) is 0 Å². The van der Waals surface area contributed by atoms with Crippen molar-refractivity contribution in [1.82, 2.24) is 0 Å². The molecule has 4 atom stereocenters. The van der Waals surface area contributed by atoms with Gasteiger partial charge >= 0.3 is 0 Å². The van der Waals surface area contributed by atoms with Gasteiger partial charge in [-0.1, -0.05) is 19.9 Å². The van der Waals surface area contributed by atoms with E-state index in [0.717, 1.165) is 24.2 Å². The summed E-state index contributed by atoms with van der Waals surface area (Å²) in [6, 6.07) is 7.52. The van der Waals surface area contributed by atoms with Gasteiger partial charge in [-0.2, -0.15) is 0 Å². The molecule has 1 aromatic carbocycles. The minimum Gasteiger partial charge on any atom is -0.326 e. The highest BCUT2D eigenvalue weighted by atomic mass is 16.2. The van der Waals surface area contributed by atoms with Crippen molar-refractivity contribution in [3.63, 3.8) is 0 Å². The molecule has 0 spiro atoms. The molecule has 0 aromatic heterocycles. The van der Waals surface area contributed by atoms with E-state index >= 15 is 0 Å². The average molecular weight is 286 g/mol. The minimum atomic E-state index is 0.0874. The third-order valence-electron chi connectivity index (χ3n) is 4.70. The fourth-order valence-corrected chi connectivity index (χ4v) is 2.76. The van der Waals surface area contributed by atoms with Crippen LogP contribution in [0.1, 0.15) is 26.7 Å². The number of nitrogens with one attached hydrogen (secondary N) is 1. The Morgan fingerprint density at radius 1 is 1.14 bits per heavy atom. The van der Waals surface area contributed by atoms with Gasteiger partial charge in [-0.05, 0) is 42.9 Å². The lowest BCUT2D eigenvalue weighted by atomic mass is 10.2. The second-order valence-electron chi connectivity index (χ2n) is 6.58. The quantitative estimate of drug-likeness (QED) is 0.925. The zero-order valence-corrected chi connectivity index (χ0v) is 12.8. The summed E-state index contributed by atoms with van der Waals surface area (Å²) >= 11 is 0. The van der Waals surface area contributed by atoms with Gasteiger partial charge in [0.2, 0.25) is 11.8 Å². The molecule has 0 bridgehead atoms. The second kappa shape index (κ2) is 5.17. The summed E-state index contributed by atoms with van der Waals surface area (Å²) in [4.78, 5) is 25.9. The van der Waals surface area contributed by atoms with Gasteiger partial charge in [0.1, 0.15) is 0 Å². The number of hydrogen-bond acceptors (Lipinski definition) is 2. The summed E-state index contributed by atoms with van der Waals surface area (Å²) < 4.78 is 0. The van der Waals surface area contributed by atoms with Crippen molar-refractivity contribution < 1.29 is 9.59 Å². The van der Waals surface area contributed by atoms with Crippen LogP contribution in [-0.4, -0.2) is 18.9 Å². The Balaban J connectivity index is 1.67. The van der Waals surface area contributed by atoms with E-state index in [4.69, 9.17) is 0 Å². The van der Waals surface area contributed by atoms with Crippen LogP contribution in [0.5, 0.6) is 0 Å². The molecule has 4 heteroatoms. The van der Waals surface area contributed by atoms with Crippen LogP contribution in [0.25, 0.3) is 0 Å². The first kappa shape index (κ1) is 14.1. The lowest BCUT2D eigenvalue weighted by Gasteiger charge is -2.18. The fourth-order valence-electron chi connectivity index (χ4n) is 2.76. The normalized spacial score (nSPS) is 29.7. The zero-order valence-electron chi connectivity index (χ0n) is 12.8. The highest BCUT2D eigenvalue weighted by Gasteiger charge is 2.41. The van der Waals surface area contributed by atoms with Crippen LogP contribution in [0.15, 0.2) is 24.3 Å². The van der Waals surface area contributed by atoms with E-state index in [2.05, 4.69) is 19.2 Å². The summed E-state index contributed by atoms with van der Waals surface area (Å²) in [5.41, 5.74) is 1.60. The molecule has 2 saturated carbocycles. The Labute approximate surface area is 125 Å². The molecule has 1 N–H and O–H groups in total. The maximum absolute atomic E-state index is 12.2. The Morgan fingerprint density at radius 3 is 2.33 bits per heavy atom. The smallest absolute Gasteiger partial charge is 0.230 e. The van der Waals surface area contributed by atoms with Crippen LogP contribution in [0.2, 0.25) is 0 Å². The third-order valence-corrected chi connectivity index (χ3v) is 4.70. The van der Waals surface area contributed by atoms with Gasteiger partial charge < -0.3 is 10.2 Å². The van der Waals surface area contributed by atoms with Crippen molar-refractivity contribution in [3.05, 3.63) is 24.3 Å². The summed E-state index contributed by atoms with van der Waals surface area (Å²) in [7, 11) is 1.80. The van der Waals surface area contributed by atoms with E-state index in [1.54, 1.807) is 11.9 Å². The molecule has 2 aliphatic carbocycles. The van der Waals surface area contributed by atoms with Gasteiger partial charge in [-0.15, -0.1) is 0 Å². The van der Waals surface area contributed by atoms with Gasteiger partial charge in [-0.25, -0.2) is 0 Å². The van der Waals surface area contributed by atoms with Crippen molar-refractivity contribution in [2.24, 2.45) is 23.7 Å². The van der Waals surface area contributed by atoms with Gasteiger partial charge in [0.25, 0.3) is 0 Å². The Kier molecular flexibility index (Phi) is 3.47. The van der Waals surface area contributed by atoms with Gasteiger partial charge in [-0.3, -0.25) is 9.59 Å². The van der Waals surface area contributed by atoms with Crippen molar-refractivity contribution in [2.45, 2.75) is 26.7 Å². The highest BCUT2D eigenvalue weighted by Crippen LogP contribution is 2.40. The first-order valence-electron chi connectivity index (χ1n) is 7.66. The number of hydrogen-bond donors (Lipinski definition) is 1. The topological polar surface area (TPSA) is 49.4 Å². The number of nitrogens with zero attached hydrogens (tertiary/aromatic N) is 1. The van der Waals surface area contributed by atoms with Crippen LogP contribution in [0, 0.1) is 23.7 Å². The van der Waals surface area contributed by atoms with E-state index in [0.29, 0.717) is 11.8 Å². The summed E-state index contributed by atoms with van der Waals surface area (Å²) in [5.74, 6) is 1.57. The monoisotopic (exact) mass is 286 g/mol. The largest absolute Gasteiger partial charge is 0.326 e. The third kappa shape index (κ3) is 2.94. The molecule has 2 aliphatic rings. The molecule has 2 amide bonds. The number of carbonyl (C=O) groups excluding carboxylic acids is 2. The van der Waals surface area contributed by atoms with Crippen molar-refractivity contribution in [2.75, 3.05) is 17.3 Å². The van der Waals surface area contributed by atoms with Crippen molar-refractivity contribution in [3.8, 4) is 0 Å². The number of anilines is 2. The fraction of sp³-hybridized carbons (Fsp3) is 0.529. The molecule has 3 rings (SSSR count). The minimum absolute atomic E-state index is 0.0874. The van der Waals surface area contributed by atoms with Crippen molar-refractivity contribution >= 4 is 23.2 Å². The molecule has 2 fully saturated rings. The van der Waals surface area contributed by atoms with Crippen LogP contribution < -0.4 is 10.2 Å². The van der Waals surface area contributed by atoms with Gasteiger partial charge in [0, 0.05) is 30.3 Å². The Hall–Kier alpha value is -1.84. The van der Waals surface area contributed by atoms with E-state index < -0.39 is 0 Å². The number of benzene rings is 1. The summed E-state index contributed by atoms with van der Waals surface area (Å²) in [6.45, 7) is 4.19. The lowest BCUT2D eigenvalue weighted by molar-refractivity contribution is -0.120. The predicted molar refractivity (Wildman–Crippen MR) is 83.0 cm³/mol. The Morgan fingerprint density at radius 2 is 1.76 bits per heavy atom. The molecule has 0 aliphatic heterocycles. The standard InChI is InChI=1S/C17H22N2O2/c1-10-7-14(10)16(20)18-12-5-4-6-13(9-12)19(3)17(21)15-8-11(15)2/h4-6,9-11,14-15H,7-8H2,1-3H3,(H,18,20)/t10-,11-,14+,15-/m1/s1. The SMILES string of the molecule is C[C@@H]1C[C@@H]1C(=O)Nc1cccc(N(C)C(=O)[C@@H]2C[C@H]2C)c1. The number of carbonyl (C=O) groups is 2. The molecule has 0 heterocycles. The molecule has 112 valence electrons. The Bertz CT molecular complexity index is 584. The maximum atomic E-state index is 12.2. The first-order chi connectivity index (χ1) is 9.97. The summed E-state index contributed by atoms with van der Waals surface area (Å²) in [5, 5.41) is 2.95. The average Bonchev–Trinajstić information content (AvgIpc) is 3.36. The second-order valence-corrected chi connectivity index (χ2v) is 6.58. The molecule has 0 saturated heterocycles. The molecule has 0 unspecified atom stereocenters. The van der Waals surface area contributed by atoms with E-state index in [-0.39, 0.29) is 23.7 Å². The molecule has 21 heavy (non-hydrogen) atoms. The van der Waals surface area contributed by atoms with E-state index in [1.807, 2.05) is 24.3 Å². The number of amides is 2. The maximum Gasteiger partial charge on any atom is 0.230 e. The molecule has 4 nitrogen and oxygen atoms in total.